The van der Waals surface area contributed by atoms with Gasteiger partial charge in [0.1, 0.15) is 0 Å². The average molecular weight is 246 g/mol. The van der Waals surface area contributed by atoms with E-state index in [0.29, 0.717) is 5.69 Å². The molecule has 1 radical (unpaired) electrons. The molecular weight excluding hydrogens is 235 g/mol. The molecule has 2 rings (SSSR count). The van der Waals surface area contributed by atoms with Gasteiger partial charge in [0, 0.05) is 23.9 Å². The van der Waals surface area contributed by atoms with Crippen LogP contribution in [-0.4, -0.2) is 11.0 Å². The molecule has 2 N–H and O–H groups in total. The Morgan fingerprint density at radius 1 is 1.44 bits per heavy atom. The van der Waals surface area contributed by atoms with Gasteiger partial charge in [-0.2, -0.15) is 4.57 Å². The smallest absolute Gasteiger partial charge is 0.290 e. The normalized spacial score (nSPS) is 10.1. The Morgan fingerprint density at radius 2 is 2.28 bits per heavy atom. The number of nitrogens with zero attached hydrogens (tertiary/aromatic N) is 1. The van der Waals surface area contributed by atoms with Crippen molar-refractivity contribution in [1.82, 2.24) is 0 Å². The number of benzene rings is 1. The number of nitrogens with one attached hydrogen (secondary N) is 1. The highest BCUT2D eigenvalue weighted by Gasteiger charge is 2.10. The number of pyridine rings is 1. The van der Waals surface area contributed by atoms with Crippen molar-refractivity contribution in [3.05, 3.63) is 54.6 Å². The first-order valence-electron chi connectivity index (χ1n) is 5.30. The summed E-state index contributed by atoms with van der Waals surface area (Å²) in [7, 11) is 0. The quantitative estimate of drug-likeness (QED) is 0.632. The van der Waals surface area contributed by atoms with E-state index < -0.39 is 11.6 Å². The Bertz CT molecular complexity index is 558. The van der Waals surface area contributed by atoms with Crippen LogP contribution in [0.4, 0.5) is 10.1 Å². The number of halogens is 1. The number of phenols is 1. The van der Waals surface area contributed by atoms with Crippen LogP contribution in [0.2, 0.25) is 0 Å². The molecule has 1 aromatic carbocycles. The Morgan fingerprint density at radius 3 is 2.94 bits per heavy atom. The van der Waals surface area contributed by atoms with Gasteiger partial charge in [-0.15, -0.1) is 0 Å². The first kappa shape index (κ1) is 12.0. The monoisotopic (exact) mass is 246 g/mol. The molecule has 0 bridgehead atoms. The Labute approximate surface area is 103 Å². The van der Waals surface area contributed by atoms with Crippen LogP contribution < -0.4 is 9.88 Å². The summed E-state index contributed by atoms with van der Waals surface area (Å²) in [6.45, 7) is 0.0866. The number of phenolic OH excluding ortho intramolecular Hbond substituents is 1. The van der Waals surface area contributed by atoms with Gasteiger partial charge < -0.3 is 10.4 Å². The van der Waals surface area contributed by atoms with Gasteiger partial charge in [-0.05, 0) is 18.2 Å². The Balaban J connectivity index is 2.01. The molecule has 0 atom stereocenters. The topological polar surface area (TPSA) is 53.2 Å². The maximum Gasteiger partial charge on any atom is 0.290 e. The fraction of sp³-hybridized carbons (Fsp3) is 0.0769. The molecule has 5 heteroatoms. The molecule has 0 saturated carbocycles. The van der Waals surface area contributed by atoms with Crippen LogP contribution >= 0.6 is 0 Å². The van der Waals surface area contributed by atoms with Gasteiger partial charge >= 0.3 is 0 Å². The summed E-state index contributed by atoms with van der Waals surface area (Å²) in [5, 5.41) is 11.5. The van der Waals surface area contributed by atoms with E-state index in [1.807, 2.05) is 0 Å². The lowest BCUT2D eigenvalue weighted by Gasteiger charge is -2.03. The molecule has 1 heterocycles. The number of amides is 1. The number of carbonyl (C=O) groups is 1. The van der Waals surface area contributed by atoms with Gasteiger partial charge in [-0.3, -0.25) is 4.79 Å². The zero-order valence-corrected chi connectivity index (χ0v) is 9.43. The van der Waals surface area contributed by atoms with Crippen molar-refractivity contribution in [1.29, 1.82) is 0 Å². The highest BCUT2D eigenvalue weighted by molar-refractivity contribution is 5.89. The summed E-state index contributed by atoms with van der Waals surface area (Å²) in [5.41, 5.74) is 0.298. The van der Waals surface area contributed by atoms with Crippen molar-refractivity contribution in [2.45, 2.75) is 6.54 Å². The van der Waals surface area contributed by atoms with Crippen LogP contribution in [0.25, 0.3) is 0 Å². The molecule has 1 aromatic heterocycles. The second-order valence-corrected chi connectivity index (χ2v) is 3.67. The van der Waals surface area contributed by atoms with Crippen LogP contribution in [0.5, 0.6) is 5.75 Å². The molecule has 2 aromatic rings. The third kappa shape index (κ3) is 3.04. The van der Waals surface area contributed by atoms with E-state index in [4.69, 9.17) is 5.11 Å². The lowest BCUT2D eigenvalue weighted by molar-refractivity contribution is -0.688. The van der Waals surface area contributed by atoms with Crippen LogP contribution in [0.3, 0.4) is 0 Å². The third-order valence-electron chi connectivity index (χ3n) is 2.26. The van der Waals surface area contributed by atoms with E-state index >= 15 is 0 Å². The largest absolute Gasteiger partial charge is 0.505 e. The minimum atomic E-state index is -0.772. The predicted molar refractivity (Wildman–Crippen MR) is 62.2 cm³/mol. The first-order valence-corrected chi connectivity index (χ1v) is 5.30. The van der Waals surface area contributed by atoms with Crippen molar-refractivity contribution in [3.8, 4) is 5.75 Å². The minimum absolute atomic E-state index is 0.0866. The molecule has 0 saturated heterocycles. The Kier molecular flexibility index (Phi) is 3.52. The average Bonchev–Trinajstić information content (AvgIpc) is 2.35. The highest BCUT2D eigenvalue weighted by atomic mass is 19.1. The molecule has 0 aliphatic heterocycles. The van der Waals surface area contributed by atoms with E-state index in [2.05, 4.69) is 11.5 Å². The standard InChI is InChI=1S/C13H11FN2O2/c14-11-8-10(4-5-12(11)17)15-13(18)9-16-6-2-1-3-7-16/h1-6,8,17H,9H2,(H,15,18)/q+1. The van der Waals surface area contributed by atoms with Crippen LogP contribution in [0.15, 0.2) is 42.6 Å². The molecule has 0 aliphatic carbocycles. The maximum absolute atomic E-state index is 13.0. The van der Waals surface area contributed by atoms with Crippen molar-refractivity contribution in [3.63, 3.8) is 0 Å². The molecule has 0 aliphatic rings. The molecule has 4 nitrogen and oxygen atoms in total. The van der Waals surface area contributed by atoms with Gasteiger partial charge in [0.15, 0.2) is 17.8 Å². The third-order valence-corrected chi connectivity index (χ3v) is 2.26. The number of anilines is 1. The maximum atomic E-state index is 13.0. The number of hydrogen-bond acceptors (Lipinski definition) is 2. The highest BCUT2D eigenvalue weighted by Crippen LogP contribution is 2.19. The zero-order valence-electron chi connectivity index (χ0n) is 9.43. The van der Waals surface area contributed by atoms with Gasteiger partial charge in [-0.25, -0.2) is 4.39 Å². The number of aromatic nitrogens is 1. The molecule has 0 fully saturated rings. The van der Waals surface area contributed by atoms with E-state index in [0.717, 1.165) is 6.07 Å². The molecule has 18 heavy (non-hydrogen) atoms. The van der Waals surface area contributed by atoms with Crippen molar-refractivity contribution < 1.29 is 18.9 Å². The van der Waals surface area contributed by atoms with Crippen LogP contribution in [0, 0.1) is 12.0 Å². The molecule has 1 amide bonds. The van der Waals surface area contributed by atoms with Crippen molar-refractivity contribution in [2.75, 3.05) is 5.32 Å². The number of rotatable bonds is 3. The van der Waals surface area contributed by atoms with E-state index in [-0.39, 0.29) is 12.5 Å². The van der Waals surface area contributed by atoms with Gasteiger partial charge in [-0.1, -0.05) is 0 Å². The summed E-state index contributed by atoms with van der Waals surface area (Å²) in [6, 6.07) is 8.94. The summed E-state index contributed by atoms with van der Waals surface area (Å²) >= 11 is 0. The fourth-order valence-corrected chi connectivity index (χ4v) is 1.43. The molecule has 0 spiro atoms. The number of aromatic hydroxyl groups is 1. The second-order valence-electron chi connectivity index (χ2n) is 3.67. The van der Waals surface area contributed by atoms with Gasteiger partial charge in [0.25, 0.3) is 12.1 Å². The molecular formula is C13H11FN2O2+. The van der Waals surface area contributed by atoms with Gasteiger partial charge in [0.2, 0.25) is 6.54 Å². The molecule has 0 unspecified atom stereocenters. The second kappa shape index (κ2) is 5.27. The van der Waals surface area contributed by atoms with E-state index in [1.54, 1.807) is 29.0 Å². The zero-order chi connectivity index (χ0) is 13.0. The first-order chi connectivity index (χ1) is 8.65. The number of carbonyl (C=O) groups excluding carboxylic acids is 1. The lowest BCUT2D eigenvalue weighted by atomic mass is 10.3. The fourth-order valence-electron chi connectivity index (χ4n) is 1.43. The van der Waals surface area contributed by atoms with Crippen LogP contribution in [0.1, 0.15) is 0 Å². The predicted octanol–water partition coefficient (Wildman–Crippen LogP) is 1.26. The van der Waals surface area contributed by atoms with Crippen molar-refractivity contribution in [2.24, 2.45) is 0 Å². The SMILES string of the molecule is O=C(C[n+]1[c]cccc1)Nc1ccc(O)c(F)c1. The summed E-state index contributed by atoms with van der Waals surface area (Å²) < 4.78 is 14.6. The summed E-state index contributed by atoms with van der Waals surface area (Å²) in [6.07, 6.45) is 4.55. The summed E-state index contributed by atoms with van der Waals surface area (Å²) in [4.78, 5) is 11.6. The minimum Gasteiger partial charge on any atom is -0.505 e. The van der Waals surface area contributed by atoms with E-state index in [1.165, 1.54) is 12.1 Å². The summed E-state index contributed by atoms with van der Waals surface area (Å²) in [5.74, 6) is -1.52. The molecule has 91 valence electrons. The lowest BCUT2D eigenvalue weighted by Crippen LogP contribution is -2.39. The van der Waals surface area contributed by atoms with Crippen LogP contribution in [-0.2, 0) is 11.3 Å². The van der Waals surface area contributed by atoms with Crippen molar-refractivity contribution >= 4 is 11.6 Å². The van der Waals surface area contributed by atoms with E-state index in [9.17, 15) is 9.18 Å². The number of hydrogen-bond donors (Lipinski definition) is 2. The Hall–Kier alpha value is -2.43. The van der Waals surface area contributed by atoms with Gasteiger partial charge in [0.05, 0.1) is 0 Å².